The van der Waals surface area contributed by atoms with Gasteiger partial charge < -0.3 is 29.6 Å². The van der Waals surface area contributed by atoms with Gasteiger partial charge in [-0.2, -0.15) is 20.2 Å². The van der Waals surface area contributed by atoms with Gasteiger partial charge in [0, 0.05) is 40.9 Å². The summed E-state index contributed by atoms with van der Waals surface area (Å²) < 4.78 is 23.1. The van der Waals surface area contributed by atoms with Gasteiger partial charge in [-0.1, -0.05) is 109 Å². The third kappa shape index (κ3) is 12.8. The average molecular weight is 1000 g/mol. The molecule has 4 N–H and O–H groups in total. The summed E-state index contributed by atoms with van der Waals surface area (Å²) in [6.07, 6.45) is 0. The molecule has 1 aliphatic rings. The van der Waals surface area contributed by atoms with Crippen LogP contribution in [0, 0.1) is 0 Å². The van der Waals surface area contributed by atoms with E-state index < -0.39 is 27.1 Å². The number of nitrogens with zero attached hydrogens (tertiary/aromatic N) is 5. The molecule has 0 bridgehead atoms. The summed E-state index contributed by atoms with van der Waals surface area (Å²) in [6.45, 7) is 15.8. The van der Waals surface area contributed by atoms with Crippen LogP contribution >= 0.6 is 50.7 Å². The number of rotatable bonds is 11. The highest BCUT2D eigenvalue weighted by atomic mass is 79.9. The fraction of sp³-hybridized carbons (Fsp3) is 0.302. The molecule has 0 amide bonds. The molecular formula is C43H48BBrCl3N7O7Si. The maximum Gasteiger partial charge on any atom is 0.494 e. The smallest absolute Gasteiger partial charge is 0.476 e. The number of ether oxygens (including phenoxy) is 2. The van der Waals surface area contributed by atoms with E-state index in [-0.39, 0.29) is 35.0 Å². The van der Waals surface area contributed by atoms with Crippen LogP contribution < -0.4 is 11.2 Å². The lowest BCUT2D eigenvalue weighted by Gasteiger charge is -2.32. The molecule has 4 aromatic carbocycles. The van der Waals surface area contributed by atoms with E-state index in [1.165, 1.54) is 11.9 Å². The molecule has 3 heterocycles. The Balaban J connectivity index is 0.000000181. The van der Waals surface area contributed by atoms with Gasteiger partial charge in [-0.05, 0) is 91.0 Å². The minimum absolute atomic E-state index is 0.126. The van der Waals surface area contributed by atoms with Crippen molar-refractivity contribution in [2.45, 2.75) is 71.3 Å². The van der Waals surface area contributed by atoms with Crippen molar-refractivity contribution in [2.24, 2.45) is 0 Å². The zero-order valence-electron chi connectivity index (χ0n) is 36.0. The molecule has 14 nitrogen and oxygen atoms in total. The second kappa shape index (κ2) is 20.9. The minimum atomic E-state index is -1.16. The normalized spacial score (nSPS) is 14.0. The molecule has 1 saturated heterocycles. The van der Waals surface area contributed by atoms with Gasteiger partial charge in [0.1, 0.15) is 11.4 Å². The zero-order chi connectivity index (χ0) is 46.3. The molecule has 63 heavy (non-hydrogen) atoms. The molecular weight excluding hydrogens is 952 g/mol. The highest BCUT2D eigenvalue weighted by Crippen LogP contribution is 2.37. The number of carbonyl (C=O) groups is 2. The lowest BCUT2D eigenvalue weighted by atomic mass is 9.79. The van der Waals surface area contributed by atoms with Crippen molar-refractivity contribution in [1.29, 1.82) is 0 Å². The topological polar surface area (TPSA) is 190 Å². The van der Waals surface area contributed by atoms with Crippen molar-refractivity contribution >= 4 is 89.0 Å². The van der Waals surface area contributed by atoms with Crippen LogP contribution in [-0.2, 0) is 25.5 Å². The first-order chi connectivity index (χ1) is 29.6. The molecule has 7 rings (SSSR count). The van der Waals surface area contributed by atoms with Crippen LogP contribution in [-0.4, -0.2) is 87.6 Å². The number of nitrogens with two attached hydrogens (primary N) is 1. The molecule has 0 radical (unpaired) electrons. The molecule has 20 heteroatoms. The Morgan fingerprint density at radius 3 is 2.05 bits per heavy atom. The number of carbonyl (C=O) groups excluding carboxylic acids is 1. The van der Waals surface area contributed by atoms with Gasteiger partial charge >= 0.3 is 19.1 Å². The van der Waals surface area contributed by atoms with E-state index >= 15 is 0 Å². The standard InChI is InChI=1S/C16H21BrClN3O3Si.C15H10ClN3O2.C12H17BClNO2/c1-23-16(22)15-14(11-5-6-12(17)13(18)9-11)19-21(20-15)10-24-7-8-25(2,3)4;16-12-8-10(13-14(15(20)21)18-19-17-13)6-7-11(12)9-4-2-1-3-5-9;1-11(2)12(3,4)17-13(16-11)8-5-6-10(15)9(14)7-8/h5-6,9H,7-8,10H2,1-4H3;1-8H,(H,20,21)(H,17,18,19);5-7H,15H2,1-4H3. The molecule has 1 fully saturated rings. The van der Waals surface area contributed by atoms with Gasteiger partial charge in [-0.15, -0.1) is 10.2 Å². The summed E-state index contributed by atoms with van der Waals surface area (Å²) in [5.41, 5.74) is 10.3. The third-order valence-electron chi connectivity index (χ3n) is 10.1. The Labute approximate surface area is 391 Å². The Kier molecular flexibility index (Phi) is 16.4. The van der Waals surface area contributed by atoms with Crippen molar-refractivity contribution < 1.29 is 33.5 Å². The third-order valence-corrected chi connectivity index (χ3v) is 13.6. The first-order valence-electron chi connectivity index (χ1n) is 19.6. The number of hydrogen-bond donors (Lipinski definition) is 3. The number of carboxylic acid groups (broad SMARTS) is 1. The maximum absolute atomic E-state index is 12.0. The Morgan fingerprint density at radius 1 is 0.825 bits per heavy atom. The van der Waals surface area contributed by atoms with E-state index in [4.69, 9.17) is 64.4 Å². The Morgan fingerprint density at radius 2 is 1.46 bits per heavy atom. The molecule has 0 spiro atoms. The zero-order valence-corrected chi connectivity index (χ0v) is 40.9. The predicted octanol–water partition coefficient (Wildman–Crippen LogP) is 10.2. The van der Waals surface area contributed by atoms with E-state index in [0.717, 1.165) is 27.1 Å². The second-order valence-corrected chi connectivity index (χ2v) is 24.2. The second-order valence-electron chi connectivity index (χ2n) is 16.5. The van der Waals surface area contributed by atoms with Crippen LogP contribution in [0.3, 0.4) is 0 Å². The lowest BCUT2D eigenvalue weighted by Crippen LogP contribution is -2.41. The number of methoxy groups -OCH3 is 1. The number of esters is 1. The Bertz CT molecular complexity index is 2540. The molecule has 1 aliphatic heterocycles. The van der Waals surface area contributed by atoms with Crippen molar-refractivity contribution in [3.8, 4) is 33.6 Å². The predicted molar refractivity (Wildman–Crippen MR) is 254 cm³/mol. The SMILES string of the molecule is CC1(C)OB(c2ccc(N)c(Cl)c2)OC1(C)C.COC(=O)c1nn(COCC[Si](C)(C)C)nc1-c1ccc(Br)c(Cl)c1.O=C(O)c1n[nH]nc1-c1ccc(-c2ccccc2)c(Cl)c1. The van der Waals surface area contributed by atoms with Crippen LogP contribution in [0.1, 0.15) is 48.7 Å². The lowest BCUT2D eigenvalue weighted by molar-refractivity contribution is 0.00578. The quantitative estimate of drug-likeness (QED) is 0.0483. The van der Waals surface area contributed by atoms with Crippen molar-refractivity contribution in [3.05, 3.63) is 116 Å². The highest BCUT2D eigenvalue weighted by molar-refractivity contribution is 9.10. The van der Waals surface area contributed by atoms with Gasteiger partial charge in [0.15, 0.2) is 18.1 Å². The van der Waals surface area contributed by atoms with E-state index in [1.54, 1.807) is 36.4 Å². The largest absolute Gasteiger partial charge is 0.494 e. The molecule has 2 aromatic heterocycles. The monoisotopic (exact) mass is 997 g/mol. The van der Waals surface area contributed by atoms with Gasteiger partial charge in [0.2, 0.25) is 0 Å². The van der Waals surface area contributed by atoms with E-state index in [2.05, 4.69) is 61.2 Å². The van der Waals surface area contributed by atoms with Crippen LogP contribution in [0.4, 0.5) is 5.69 Å². The fourth-order valence-corrected chi connectivity index (χ4v) is 7.43. The average Bonchev–Trinajstić information content (AvgIpc) is 3.95. The van der Waals surface area contributed by atoms with E-state index in [9.17, 15) is 9.59 Å². The molecule has 6 aromatic rings. The van der Waals surface area contributed by atoms with Crippen LogP contribution in [0.15, 0.2) is 89.4 Å². The summed E-state index contributed by atoms with van der Waals surface area (Å²) in [6, 6.07) is 26.8. The van der Waals surface area contributed by atoms with E-state index in [0.29, 0.717) is 44.2 Å². The molecule has 0 saturated carbocycles. The summed E-state index contributed by atoms with van der Waals surface area (Å²) in [5.74, 6) is -1.69. The number of benzene rings is 4. The summed E-state index contributed by atoms with van der Waals surface area (Å²) in [4.78, 5) is 24.5. The van der Waals surface area contributed by atoms with E-state index in [1.807, 2.05) is 76.2 Å². The van der Waals surface area contributed by atoms with Crippen LogP contribution in [0.25, 0.3) is 33.6 Å². The number of aromatic carboxylic acids is 1. The van der Waals surface area contributed by atoms with Crippen molar-refractivity contribution in [1.82, 2.24) is 30.4 Å². The van der Waals surface area contributed by atoms with Crippen molar-refractivity contribution in [2.75, 3.05) is 19.5 Å². The molecule has 0 aliphatic carbocycles. The molecule has 0 atom stereocenters. The number of H-pyrrole nitrogens is 1. The number of carboxylic acids is 1. The number of aromatic nitrogens is 6. The van der Waals surface area contributed by atoms with Gasteiger partial charge in [0.05, 0.1) is 34.0 Å². The summed E-state index contributed by atoms with van der Waals surface area (Å²) in [7, 11) is -0.238. The number of hydrogen-bond acceptors (Lipinski definition) is 11. The maximum atomic E-state index is 12.0. The van der Waals surface area contributed by atoms with Crippen LogP contribution in [0.5, 0.6) is 0 Å². The number of nitrogens with one attached hydrogen (secondary N) is 1. The summed E-state index contributed by atoms with van der Waals surface area (Å²) >= 11 is 21.8. The number of aromatic amines is 1. The molecule has 332 valence electrons. The minimum Gasteiger partial charge on any atom is -0.476 e. The number of nitrogen functional groups attached to an aromatic ring is 1. The highest BCUT2D eigenvalue weighted by Gasteiger charge is 2.51. The van der Waals surface area contributed by atoms with Crippen molar-refractivity contribution in [3.63, 3.8) is 0 Å². The fourth-order valence-electron chi connectivity index (χ4n) is 5.77. The first-order valence-corrected chi connectivity index (χ1v) is 25.2. The van der Waals surface area contributed by atoms with Gasteiger partial charge in [-0.3, -0.25) is 0 Å². The van der Waals surface area contributed by atoms with Gasteiger partial charge in [-0.25, -0.2) is 9.59 Å². The number of halogens is 4. The Hall–Kier alpha value is -4.59. The first kappa shape index (κ1) is 49.4. The van der Waals surface area contributed by atoms with Gasteiger partial charge in [0.25, 0.3) is 0 Å². The molecule has 0 unspecified atom stereocenters. The van der Waals surface area contributed by atoms with Crippen LogP contribution in [0.2, 0.25) is 40.8 Å². The summed E-state index contributed by atoms with van der Waals surface area (Å²) in [5, 5.41) is 29.0. The number of anilines is 1.